The first kappa shape index (κ1) is 15.4. The molecule has 0 saturated heterocycles. The highest BCUT2D eigenvalue weighted by Gasteiger charge is 2.21. The molecule has 0 aliphatic heterocycles. The molecule has 1 unspecified atom stereocenters. The summed E-state index contributed by atoms with van der Waals surface area (Å²) >= 11 is 5.61. The summed E-state index contributed by atoms with van der Waals surface area (Å²) in [7, 11) is 2.12. The molecule has 1 nitrogen and oxygen atoms in total. The van der Waals surface area contributed by atoms with Crippen LogP contribution in [0.4, 0.5) is 0 Å². The number of thioether (sulfide) groups is 1. The molecule has 0 spiro atoms. The van der Waals surface area contributed by atoms with Crippen LogP contribution in [-0.4, -0.2) is 18.8 Å². The number of rotatable bonds is 5. The van der Waals surface area contributed by atoms with Gasteiger partial charge in [0.2, 0.25) is 0 Å². The monoisotopic (exact) mass is 341 g/mol. The van der Waals surface area contributed by atoms with Crippen LogP contribution in [0.3, 0.4) is 0 Å². The van der Waals surface area contributed by atoms with Crippen molar-refractivity contribution in [3.63, 3.8) is 0 Å². The van der Waals surface area contributed by atoms with Crippen molar-refractivity contribution in [1.29, 1.82) is 0 Å². The molecule has 1 saturated carbocycles. The highest BCUT2D eigenvalue weighted by Crippen LogP contribution is 2.31. The van der Waals surface area contributed by atoms with E-state index in [0.29, 0.717) is 6.04 Å². The molecule has 2 rings (SSSR count). The van der Waals surface area contributed by atoms with Gasteiger partial charge in [0.05, 0.1) is 0 Å². The van der Waals surface area contributed by atoms with Crippen LogP contribution in [0.2, 0.25) is 0 Å². The Hall–Kier alpha value is 0.01000. The van der Waals surface area contributed by atoms with Crippen molar-refractivity contribution in [2.45, 2.75) is 49.5 Å². The van der Waals surface area contributed by atoms with Crippen LogP contribution < -0.4 is 5.32 Å². The molecule has 1 fully saturated rings. The molecule has 0 amide bonds. The van der Waals surface area contributed by atoms with Crippen LogP contribution >= 0.6 is 27.7 Å². The minimum absolute atomic E-state index is 0.648. The largest absolute Gasteiger partial charge is 0.316 e. The fourth-order valence-corrected chi connectivity index (χ4v) is 4.72. The van der Waals surface area contributed by atoms with E-state index in [-0.39, 0.29) is 0 Å². The van der Waals surface area contributed by atoms with E-state index in [1.54, 1.807) is 0 Å². The Morgan fingerprint density at radius 1 is 1.21 bits per heavy atom. The van der Waals surface area contributed by atoms with Crippen molar-refractivity contribution in [1.82, 2.24) is 5.32 Å². The summed E-state index contributed by atoms with van der Waals surface area (Å²) in [6.45, 7) is 0. The summed E-state index contributed by atoms with van der Waals surface area (Å²) in [4.78, 5) is 1.36. The zero-order valence-electron chi connectivity index (χ0n) is 11.7. The van der Waals surface area contributed by atoms with Crippen LogP contribution in [0, 0.1) is 5.92 Å². The van der Waals surface area contributed by atoms with Gasteiger partial charge in [-0.2, -0.15) is 0 Å². The molecule has 1 atom stereocenters. The quantitative estimate of drug-likeness (QED) is 0.590. The Labute approximate surface area is 130 Å². The standard InChI is InChI=1S/C16H24BrNS/c1-18-15(13-8-4-2-3-5-9-13)12-19-16-11-7-6-10-14(16)17/h6-7,10-11,13,15,18H,2-5,8-9,12H2,1H3. The van der Waals surface area contributed by atoms with Crippen LogP contribution in [0.1, 0.15) is 38.5 Å². The molecule has 19 heavy (non-hydrogen) atoms. The highest BCUT2D eigenvalue weighted by molar-refractivity contribution is 9.10. The molecule has 1 aliphatic rings. The van der Waals surface area contributed by atoms with Crippen molar-refractivity contribution in [3.8, 4) is 0 Å². The van der Waals surface area contributed by atoms with Crippen LogP contribution in [0.5, 0.6) is 0 Å². The second-order valence-electron chi connectivity index (χ2n) is 5.39. The predicted octanol–water partition coefficient (Wildman–Crippen LogP) is 5.10. The van der Waals surface area contributed by atoms with E-state index >= 15 is 0 Å². The first-order chi connectivity index (χ1) is 9.31. The Kier molecular flexibility index (Phi) is 6.75. The number of hydrogen-bond acceptors (Lipinski definition) is 2. The van der Waals surface area contributed by atoms with E-state index in [0.717, 1.165) is 5.92 Å². The van der Waals surface area contributed by atoms with Crippen molar-refractivity contribution in [3.05, 3.63) is 28.7 Å². The lowest BCUT2D eigenvalue weighted by Gasteiger charge is -2.25. The Morgan fingerprint density at radius 3 is 2.53 bits per heavy atom. The lowest BCUT2D eigenvalue weighted by molar-refractivity contribution is 0.359. The van der Waals surface area contributed by atoms with Gasteiger partial charge in [-0.25, -0.2) is 0 Å². The molecule has 3 heteroatoms. The molecule has 0 radical (unpaired) electrons. The normalized spacial score (nSPS) is 19.1. The fraction of sp³-hybridized carbons (Fsp3) is 0.625. The predicted molar refractivity (Wildman–Crippen MR) is 88.9 cm³/mol. The maximum absolute atomic E-state index is 3.64. The second-order valence-corrected chi connectivity index (χ2v) is 7.30. The first-order valence-electron chi connectivity index (χ1n) is 7.36. The average molecular weight is 342 g/mol. The SMILES string of the molecule is CNC(CSc1ccccc1Br)C1CCCCCC1. The van der Waals surface area contributed by atoms with Gasteiger partial charge < -0.3 is 5.32 Å². The Morgan fingerprint density at radius 2 is 1.89 bits per heavy atom. The van der Waals surface area contributed by atoms with E-state index in [9.17, 15) is 0 Å². The molecule has 0 heterocycles. The van der Waals surface area contributed by atoms with E-state index in [1.807, 2.05) is 11.8 Å². The van der Waals surface area contributed by atoms with Crippen molar-refractivity contribution < 1.29 is 0 Å². The van der Waals surface area contributed by atoms with Crippen LogP contribution in [0.15, 0.2) is 33.6 Å². The van der Waals surface area contributed by atoms with E-state index in [1.165, 1.54) is 53.6 Å². The molecule has 0 bridgehead atoms. The zero-order chi connectivity index (χ0) is 13.5. The third-order valence-electron chi connectivity index (χ3n) is 4.09. The zero-order valence-corrected chi connectivity index (χ0v) is 14.1. The van der Waals surface area contributed by atoms with Gasteiger partial charge in [-0.15, -0.1) is 11.8 Å². The minimum Gasteiger partial charge on any atom is -0.316 e. The second kappa shape index (κ2) is 8.33. The summed E-state index contributed by atoms with van der Waals surface area (Å²) in [5.41, 5.74) is 0. The van der Waals surface area contributed by atoms with Crippen molar-refractivity contribution >= 4 is 27.7 Å². The molecule has 1 N–H and O–H groups in total. The summed E-state index contributed by atoms with van der Waals surface area (Å²) in [6.07, 6.45) is 8.52. The van der Waals surface area contributed by atoms with E-state index in [4.69, 9.17) is 0 Å². The van der Waals surface area contributed by atoms with Gasteiger partial charge in [0.1, 0.15) is 0 Å². The lowest BCUT2D eigenvalue weighted by Crippen LogP contribution is -2.35. The van der Waals surface area contributed by atoms with Crippen LogP contribution in [0.25, 0.3) is 0 Å². The van der Waals surface area contributed by atoms with Gasteiger partial charge in [-0.05, 0) is 53.9 Å². The summed E-state index contributed by atoms with van der Waals surface area (Å²) in [6, 6.07) is 9.18. The smallest absolute Gasteiger partial charge is 0.0311 e. The Balaban J connectivity index is 1.90. The number of nitrogens with one attached hydrogen (secondary N) is 1. The third-order valence-corrected chi connectivity index (χ3v) is 6.24. The Bertz CT molecular complexity index is 375. The van der Waals surface area contributed by atoms with Gasteiger partial charge >= 0.3 is 0 Å². The summed E-state index contributed by atoms with van der Waals surface area (Å²) in [5, 5.41) is 3.55. The van der Waals surface area contributed by atoms with Crippen molar-refractivity contribution in [2.75, 3.05) is 12.8 Å². The van der Waals surface area contributed by atoms with Gasteiger partial charge in [0.15, 0.2) is 0 Å². The average Bonchev–Trinajstić information content (AvgIpc) is 2.71. The van der Waals surface area contributed by atoms with E-state index < -0.39 is 0 Å². The molecule has 0 aromatic heterocycles. The molecule has 1 aliphatic carbocycles. The number of benzene rings is 1. The first-order valence-corrected chi connectivity index (χ1v) is 9.13. The molecule has 106 valence electrons. The fourth-order valence-electron chi connectivity index (χ4n) is 2.91. The van der Waals surface area contributed by atoms with E-state index in [2.05, 4.69) is 52.6 Å². The number of halogens is 1. The minimum atomic E-state index is 0.648. The molecular weight excluding hydrogens is 318 g/mol. The highest BCUT2D eigenvalue weighted by atomic mass is 79.9. The van der Waals surface area contributed by atoms with Gasteiger partial charge in [0.25, 0.3) is 0 Å². The van der Waals surface area contributed by atoms with Gasteiger partial charge in [-0.1, -0.05) is 37.8 Å². The van der Waals surface area contributed by atoms with Crippen molar-refractivity contribution in [2.24, 2.45) is 5.92 Å². The van der Waals surface area contributed by atoms with Gasteiger partial charge in [0, 0.05) is 21.2 Å². The molecular formula is C16H24BrNS. The molecule has 1 aromatic rings. The van der Waals surface area contributed by atoms with Crippen LogP contribution in [-0.2, 0) is 0 Å². The van der Waals surface area contributed by atoms with Gasteiger partial charge in [-0.3, -0.25) is 0 Å². The lowest BCUT2D eigenvalue weighted by atomic mass is 9.93. The topological polar surface area (TPSA) is 12.0 Å². The summed E-state index contributed by atoms with van der Waals surface area (Å²) < 4.78 is 1.22. The third kappa shape index (κ3) is 4.80. The summed E-state index contributed by atoms with van der Waals surface area (Å²) in [5.74, 6) is 2.03. The maximum atomic E-state index is 3.64. The number of hydrogen-bond donors (Lipinski definition) is 1. The maximum Gasteiger partial charge on any atom is 0.0311 e. The molecule has 1 aromatic carbocycles.